The Morgan fingerprint density at radius 1 is 0.486 bits per heavy atom. The molecular formula is C36H24S. The van der Waals surface area contributed by atoms with E-state index < -0.39 is 0 Å². The van der Waals surface area contributed by atoms with E-state index in [4.69, 9.17) is 0 Å². The minimum Gasteiger partial charge on any atom is -0.0888 e. The number of benzene rings is 6. The molecule has 0 aromatic heterocycles. The van der Waals surface area contributed by atoms with Crippen LogP contribution in [0.4, 0.5) is 0 Å². The monoisotopic (exact) mass is 488 g/mol. The summed E-state index contributed by atoms with van der Waals surface area (Å²) in [6.07, 6.45) is 0. The third-order valence-corrected chi connectivity index (χ3v) is 9.47. The van der Waals surface area contributed by atoms with Crippen LogP contribution in [0, 0.1) is 0 Å². The molecule has 0 spiro atoms. The Kier molecular flexibility index (Phi) is 4.39. The fourth-order valence-electron chi connectivity index (χ4n) is 6.50. The molecule has 6 aromatic rings. The van der Waals surface area contributed by atoms with Gasteiger partial charge in [-0.2, -0.15) is 0 Å². The van der Waals surface area contributed by atoms with Crippen LogP contribution < -0.4 is 0 Å². The molecule has 1 aliphatic carbocycles. The minimum atomic E-state index is -0.180. The highest BCUT2D eigenvalue weighted by Crippen LogP contribution is 2.54. The highest BCUT2D eigenvalue weighted by Gasteiger charge is 2.40. The lowest BCUT2D eigenvalue weighted by atomic mass is 9.74. The van der Waals surface area contributed by atoms with E-state index in [-0.39, 0.29) is 5.41 Å². The first-order valence-electron chi connectivity index (χ1n) is 12.9. The molecule has 0 radical (unpaired) electrons. The summed E-state index contributed by atoms with van der Waals surface area (Å²) < 4.78 is 0. The van der Waals surface area contributed by atoms with Crippen LogP contribution in [0.15, 0.2) is 137 Å². The zero-order valence-corrected chi connectivity index (χ0v) is 21.3. The van der Waals surface area contributed by atoms with Gasteiger partial charge in [0.1, 0.15) is 0 Å². The van der Waals surface area contributed by atoms with Crippen molar-refractivity contribution in [2.24, 2.45) is 0 Å². The highest BCUT2D eigenvalue weighted by atomic mass is 32.2. The lowest BCUT2D eigenvalue weighted by molar-refractivity contribution is 0.714. The second-order valence-electron chi connectivity index (χ2n) is 10.3. The summed E-state index contributed by atoms with van der Waals surface area (Å²) in [5, 5.41) is 2.69. The second-order valence-corrected chi connectivity index (χ2v) is 11.4. The topological polar surface area (TPSA) is 0 Å². The van der Waals surface area contributed by atoms with Crippen LogP contribution >= 0.6 is 11.8 Å². The standard InChI is InChI=1S/C36H24S/c1-36(26-11-3-2-4-12-26)31-15-6-5-13-27(31)28-19-17-24(21-32(28)36)25-18-20-29-30-14-7-9-23-10-8-16-33(35(23)30)37-34(29)22-25/h2-22H,1H3. The number of hydrogen-bond donors (Lipinski definition) is 0. The van der Waals surface area contributed by atoms with E-state index in [2.05, 4.69) is 134 Å². The molecule has 0 saturated carbocycles. The van der Waals surface area contributed by atoms with Crippen molar-refractivity contribution in [3.8, 4) is 33.4 Å². The van der Waals surface area contributed by atoms with Crippen LogP contribution in [0.5, 0.6) is 0 Å². The summed E-state index contributed by atoms with van der Waals surface area (Å²) in [5.74, 6) is 0. The molecule has 0 fully saturated rings. The van der Waals surface area contributed by atoms with Crippen molar-refractivity contribution in [2.45, 2.75) is 22.1 Å². The smallest absolute Gasteiger partial charge is 0.0435 e. The summed E-state index contributed by atoms with van der Waals surface area (Å²) >= 11 is 1.90. The zero-order chi connectivity index (χ0) is 24.6. The predicted octanol–water partition coefficient (Wildman–Crippen LogP) is 9.97. The van der Waals surface area contributed by atoms with E-state index in [1.165, 1.54) is 70.6 Å². The molecule has 0 amide bonds. The van der Waals surface area contributed by atoms with E-state index in [9.17, 15) is 0 Å². The molecule has 1 atom stereocenters. The first-order chi connectivity index (χ1) is 18.2. The van der Waals surface area contributed by atoms with Crippen molar-refractivity contribution in [3.05, 3.63) is 144 Å². The predicted molar refractivity (Wildman–Crippen MR) is 156 cm³/mol. The van der Waals surface area contributed by atoms with Crippen LogP contribution in [-0.4, -0.2) is 0 Å². The van der Waals surface area contributed by atoms with Gasteiger partial charge in [0.15, 0.2) is 0 Å². The summed E-state index contributed by atoms with van der Waals surface area (Å²) in [5.41, 5.74) is 11.8. The average molecular weight is 489 g/mol. The van der Waals surface area contributed by atoms with Crippen LogP contribution in [0.2, 0.25) is 0 Å². The molecule has 0 bridgehead atoms. The van der Waals surface area contributed by atoms with Gasteiger partial charge in [-0.05, 0) is 80.6 Å². The van der Waals surface area contributed by atoms with E-state index in [1.54, 1.807) is 0 Å². The van der Waals surface area contributed by atoms with Gasteiger partial charge in [-0.1, -0.05) is 121 Å². The molecule has 1 heterocycles. The summed E-state index contributed by atoms with van der Waals surface area (Å²) in [4.78, 5) is 2.68. The molecule has 174 valence electrons. The molecule has 1 unspecified atom stereocenters. The molecule has 1 aliphatic heterocycles. The van der Waals surface area contributed by atoms with E-state index >= 15 is 0 Å². The van der Waals surface area contributed by atoms with Gasteiger partial charge in [0.05, 0.1) is 0 Å². The van der Waals surface area contributed by atoms with Crippen LogP contribution in [0.3, 0.4) is 0 Å². The number of rotatable bonds is 2. The fourth-order valence-corrected chi connectivity index (χ4v) is 7.68. The maximum atomic E-state index is 2.44. The average Bonchev–Trinajstić information content (AvgIpc) is 3.22. The highest BCUT2D eigenvalue weighted by molar-refractivity contribution is 7.99. The number of hydrogen-bond acceptors (Lipinski definition) is 1. The molecule has 8 rings (SSSR count). The Hall–Kier alpha value is -4.07. The van der Waals surface area contributed by atoms with Gasteiger partial charge in [0, 0.05) is 20.6 Å². The van der Waals surface area contributed by atoms with E-state index in [0.29, 0.717) is 0 Å². The third kappa shape index (κ3) is 2.92. The molecule has 0 saturated heterocycles. The first kappa shape index (κ1) is 21.1. The van der Waals surface area contributed by atoms with Crippen molar-refractivity contribution in [2.75, 3.05) is 0 Å². The van der Waals surface area contributed by atoms with Crippen molar-refractivity contribution in [1.82, 2.24) is 0 Å². The molecule has 1 heteroatoms. The lowest BCUT2D eigenvalue weighted by Crippen LogP contribution is -2.22. The van der Waals surface area contributed by atoms with E-state index in [1.807, 2.05) is 11.8 Å². The summed E-state index contributed by atoms with van der Waals surface area (Å²) in [6, 6.07) is 47.3. The van der Waals surface area contributed by atoms with Crippen molar-refractivity contribution < 1.29 is 0 Å². The maximum Gasteiger partial charge on any atom is 0.0435 e. The van der Waals surface area contributed by atoms with Crippen LogP contribution in [0.1, 0.15) is 23.6 Å². The maximum absolute atomic E-state index is 2.44. The zero-order valence-electron chi connectivity index (χ0n) is 20.5. The summed E-state index contributed by atoms with van der Waals surface area (Å²) in [6.45, 7) is 2.39. The number of fused-ring (bicyclic) bond motifs is 5. The Bertz CT molecular complexity index is 1860. The normalized spacial score (nSPS) is 16.8. The molecule has 2 aliphatic rings. The van der Waals surface area contributed by atoms with Gasteiger partial charge in [-0.25, -0.2) is 0 Å². The van der Waals surface area contributed by atoms with Gasteiger partial charge >= 0.3 is 0 Å². The van der Waals surface area contributed by atoms with Gasteiger partial charge in [0.2, 0.25) is 0 Å². The SMILES string of the molecule is CC1(c2ccccc2)c2ccccc2-c2ccc(-c3ccc4c(c3)Sc3cccc5cccc-4c35)cc21. The van der Waals surface area contributed by atoms with Crippen molar-refractivity contribution in [3.63, 3.8) is 0 Å². The van der Waals surface area contributed by atoms with Crippen LogP contribution in [0.25, 0.3) is 44.2 Å². The first-order valence-corrected chi connectivity index (χ1v) is 13.7. The Morgan fingerprint density at radius 2 is 1.16 bits per heavy atom. The molecule has 0 nitrogen and oxygen atoms in total. The fraction of sp³-hybridized carbons (Fsp3) is 0.0556. The van der Waals surface area contributed by atoms with Gasteiger partial charge in [0.25, 0.3) is 0 Å². The lowest BCUT2D eigenvalue weighted by Gasteiger charge is -2.28. The van der Waals surface area contributed by atoms with Crippen LogP contribution in [-0.2, 0) is 5.41 Å². The molecule has 6 aromatic carbocycles. The molecule has 0 N–H and O–H groups in total. The van der Waals surface area contributed by atoms with Gasteiger partial charge in [-0.3, -0.25) is 0 Å². The van der Waals surface area contributed by atoms with E-state index in [0.717, 1.165) is 0 Å². The summed E-state index contributed by atoms with van der Waals surface area (Å²) in [7, 11) is 0. The van der Waals surface area contributed by atoms with Crippen molar-refractivity contribution >= 4 is 22.5 Å². The molecular weight excluding hydrogens is 464 g/mol. The van der Waals surface area contributed by atoms with Crippen molar-refractivity contribution in [1.29, 1.82) is 0 Å². The largest absolute Gasteiger partial charge is 0.0888 e. The Morgan fingerprint density at radius 3 is 2.03 bits per heavy atom. The third-order valence-electron chi connectivity index (χ3n) is 8.36. The van der Waals surface area contributed by atoms with Gasteiger partial charge < -0.3 is 0 Å². The Labute approximate surface area is 221 Å². The van der Waals surface area contributed by atoms with Gasteiger partial charge in [-0.15, -0.1) is 0 Å². The quantitative estimate of drug-likeness (QED) is 0.233. The molecule has 37 heavy (non-hydrogen) atoms. The minimum absolute atomic E-state index is 0.180. The Balaban J connectivity index is 1.30. The second kappa shape index (κ2) is 7.71.